The molecule has 0 spiro atoms. The Kier molecular flexibility index (Phi) is 8.54. The van der Waals surface area contributed by atoms with Crippen LogP contribution in [0, 0.1) is 0 Å². The molecule has 0 radical (unpaired) electrons. The molecule has 1 atom stereocenters. The molecule has 104 valence electrons. The predicted octanol–water partition coefficient (Wildman–Crippen LogP) is 4.20. The second-order valence-corrected chi connectivity index (χ2v) is 5.49. The molecule has 0 unspecified atom stereocenters. The van der Waals surface area contributed by atoms with E-state index < -0.39 is 0 Å². The van der Waals surface area contributed by atoms with Gasteiger partial charge in [-0.25, -0.2) is 0 Å². The van der Waals surface area contributed by atoms with E-state index >= 15 is 0 Å². The summed E-state index contributed by atoms with van der Waals surface area (Å²) in [5.74, 6) is 0. The highest BCUT2D eigenvalue weighted by atomic mass is 32.2. The molecular formula is C15H20O2S2. The van der Waals surface area contributed by atoms with Gasteiger partial charge >= 0.3 is 0 Å². The van der Waals surface area contributed by atoms with Crippen molar-refractivity contribution in [1.29, 1.82) is 0 Å². The van der Waals surface area contributed by atoms with E-state index in [1.54, 1.807) is 0 Å². The minimum absolute atomic E-state index is 0.198. The number of hydrogen-bond donors (Lipinski definition) is 0. The summed E-state index contributed by atoms with van der Waals surface area (Å²) in [7, 11) is 0. The minimum atomic E-state index is 0.198. The van der Waals surface area contributed by atoms with Gasteiger partial charge in [0.25, 0.3) is 0 Å². The molecule has 0 saturated carbocycles. The van der Waals surface area contributed by atoms with E-state index in [0.717, 1.165) is 6.42 Å². The lowest BCUT2D eigenvalue weighted by Crippen LogP contribution is -2.06. The van der Waals surface area contributed by atoms with Crippen LogP contribution in [0.15, 0.2) is 42.5 Å². The fourth-order valence-corrected chi connectivity index (χ4v) is 1.67. The molecule has 19 heavy (non-hydrogen) atoms. The molecule has 0 aliphatic heterocycles. The molecule has 1 aromatic carbocycles. The maximum atomic E-state index is 5.75. The zero-order valence-electron chi connectivity index (χ0n) is 11.4. The van der Waals surface area contributed by atoms with E-state index in [1.807, 2.05) is 30.5 Å². The van der Waals surface area contributed by atoms with Gasteiger partial charge in [0, 0.05) is 0 Å². The van der Waals surface area contributed by atoms with Gasteiger partial charge in [-0.05, 0) is 37.4 Å². The molecule has 0 saturated heterocycles. The van der Waals surface area contributed by atoms with Crippen LogP contribution in [0.5, 0.6) is 0 Å². The molecule has 0 N–H and O–H groups in total. The quantitative estimate of drug-likeness (QED) is 0.554. The summed E-state index contributed by atoms with van der Waals surface area (Å²) < 4.78 is 11.6. The fraction of sp³-hybridized carbons (Fsp3) is 0.400. The first-order valence-electron chi connectivity index (χ1n) is 6.23. The van der Waals surface area contributed by atoms with Gasteiger partial charge in [0.1, 0.15) is 6.61 Å². The smallest absolute Gasteiger partial charge is 0.220 e. The molecule has 0 aliphatic rings. The van der Waals surface area contributed by atoms with Crippen molar-refractivity contribution in [1.82, 2.24) is 0 Å². The Labute approximate surface area is 125 Å². The topological polar surface area (TPSA) is 18.5 Å². The van der Waals surface area contributed by atoms with Gasteiger partial charge in [-0.2, -0.15) is 0 Å². The van der Waals surface area contributed by atoms with Crippen LogP contribution in [0.4, 0.5) is 0 Å². The maximum Gasteiger partial charge on any atom is 0.220 e. The Morgan fingerprint density at radius 2 is 2.05 bits per heavy atom. The average Bonchev–Trinajstić information content (AvgIpc) is 2.45. The van der Waals surface area contributed by atoms with Crippen molar-refractivity contribution in [3.63, 3.8) is 0 Å². The lowest BCUT2D eigenvalue weighted by Gasteiger charge is -2.10. The first kappa shape index (κ1) is 16.2. The number of thiocarbonyl (C=S) groups is 1. The van der Waals surface area contributed by atoms with Crippen molar-refractivity contribution < 1.29 is 9.47 Å². The summed E-state index contributed by atoms with van der Waals surface area (Å²) in [5, 5.41) is 0. The summed E-state index contributed by atoms with van der Waals surface area (Å²) in [6.07, 6.45) is 7.03. The van der Waals surface area contributed by atoms with Gasteiger partial charge in [-0.15, -0.1) is 0 Å². The Bertz CT molecular complexity index is 390. The normalized spacial score (nSPS) is 12.5. The molecule has 0 amide bonds. The largest absolute Gasteiger partial charge is 0.474 e. The third-order valence-electron chi connectivity index (χ3n) is 2.48. The number of hydrogen-bond acceptors (Lipinski definition) is 4. The summed E-state index contributed by atoms with van der Waals surface area (Å²) >= 11 is 6.38. The molecule has 1 rings (SSSR count). The lowest BCUT2D eigenvalue weighted by atomic mass is 10.2. The maximum absolute atomic E-state index is 5.75. The summed E-state index contributed by atoms with van der Waals surface area (Å²) in [5.41, 5.74) is 1.20. The van der Waals surface area contributed by atoms with E-state index in [0.29, 0.717) is 17.6 Å². The third kappa shape index (κ3) is 8.03. The summed E-state index contributed by atoms with van der Waals surface area (Å²) in [6.45, 7) is 3.26. The Hall–Kier alpha value is -0.840. The third-order valence-corrected chi connectivity index (χ3v) is 3.55. The molecule has 0 heterocycles. The van der Waals surface area contributed by atoms with Crippen LogP contribution in [-0.2, 0) is 16.1 Å². The van der Waals surface area contributed by atoms with Gasteiger partial charge in [0.05, 0.1) is 12.7 Å². The van der Waals surface area contributed by atoms with E-state index in [4.69, 9.17) is 21.7 Å². The first-order valence-corrected chi connectivity index (χ1v) is 7.87. The number of ether oxygens (including phenoxy) is 2. The highest BCUT2D eigenvalue weighted by Gasteiger charge is 2.00. The molecule has 4 heteroatoms. The predicted molar refractivity (Wildman–Crippen MR) is 86.5 cm³/mol. The van der Waals surface area contributed by atoms with Gasteiger partial charge in [-0.1, -0.05) is 54.2 Å². The fourth-order valence-electron chi connectivity index (χ4n) is 1.41. The van der Waals surface area contributed by atoms with Crippen molar-refractivity contribution in [3.05, 3.63) is 48.0 Å². The van der Waals surface area contributed by atoms with Crippen LogP contribution in [0.1, 0.15) is 18.9 Å². The molecule has 0 aromatic heterocycles. The molecule has 1 aromatic rings. The van der Waals surface area contributed by atoms with Crippen molar-refractivity contribution in [2.45, 2.75) is 26.1 Å². The Morgan fingerprint density at radius 3 is 2.74 bits per heavy atom. The van der Waals surface area contributed by atoms with E-state index in [2.05, 4.69) is 25.1 Å². The molecule has 2 nitrogen and oxygen atoms in total. The highest BCUT2D eigenvalue weighted by molar-refractivity contribution is 8.22. The van der Waals surface area contributed by atoms with Crippen LogP contribution >= 0.6 is 24.0 Å². The zero-order chi connectivity index (χ0) is 13.9. The van der Waals surface area contributed by atoms with E-state index in [9.17, 15) is 0 Å². The van der Waals surface area contributed by atoms with Crippen molar-refractivity contribution in [2.75, 3.05) is 12.9 Å². The van der Waals surface area contributed by atoms with Crippen LogP contribution in [-0.4, -0.2) is 23.3 Å². The van der Waals surface area contributed by atoms with Crippen molar-refractivity contribution >= 4 is 28.4 Å². The monoisotopic (exact) mass is 296 g/mol. The van der Waals surface area contributed by atoms with Crippen molar-refractivity contribution in [2.24, 2.45) is 0 Å². The average molecular weight is 296 g/mol. The van der Waals surface area contributed by atoms with Crippen molar-refractivity contribution in [3.8, 4) is 0 Å². The Balaban J connectivity index is 2.12. The van der Waals surface area contributed by atoms with E-state index in [1.165, 1.54) is 17.3 Å². The van der Waals surface area contributed by atoms with Crippen LogP contribution in [0.25, 0.3) is 0 Å². The SMILES string of the molecule is CSC(=S)OC/C=C/C[C@@H](C)OCc1ccccc1. The van der Waals surface area contributed by atoms with Crippen LogP contribution in [0.2, 0.25) is 0 Å². The van der Waals surface area contributed by atoms with Gasteiger partial charge < -0.3 is 9.47 Å². The number of benzene rings is 1. The van der Waals surface area contributed by atoms with Gasteiger partial charge in [0.15, 0.2) is 0 Å². The summed E-state index contributed by atoms with van der Waals surface area (Å²) in [6, 6.07) is 10.2. The van der Waals surface area contributed by atoms with E-state index in [-0.39, 0.29) is 6.10 Å². The lowest BCUT2D eigenvalue weighted by molar-refractivity contribution is 0.0552. The van der Waals surface area contributed by atoms with Gasteiger partial charge in [-0.3, -0.25) is 0 Å². The van der Waals surface area contributed by atoms with Crippen LogP contribution in [0.3, 0.4) is 0 Å². The van der Waals surface area contributed by atoms with Crippen LogP contribution < -0.4 is 0 Å². The minimum Gasteiger partial charge on any atom is -0.474 e. The first-order chi connectivity index (χ1) is 9.22. The Morgan fingerprint density at radius 1 is 1.32 bits per heavy atom. The second-order valence-electron chi connectivity index (χ2n) is 4.08. The number of thioether (sulfide) groups is 1. The molecular weight excluding hydrogens is 276 g/mol. The molecule has 0 aliphatic carbocycles. The highest BCUT2D eigenvalue weighted by Crippen LogP contribution is 2.06. The zero-order valence-corrected chi connectivity index (χ0v) is 13.0. The second kappa shape index (κ2) is 10.0. The molecule has 0 fully saturated rings. The summed E-state index contributed by atoms with van der Waals surface area (Å²) in [4.78, 5) is 0. The molecule has 0 bridgehead atoms. The number of rotatable bonds is 7. The standard InChI is InChI=1S/C15H20O2S2/c1-13(8-6-7-11-16-15(18)19-2)17-12-14-9-4-3-5-10-14/h3-7,9-10,13H,8,11-12H2,1-2H3/b7-6+/t13-/m1/s1. The van der Waals surface area contributed by atoms with Gasteiger partial charge in [0.2, 0.25) is 4.38 Å².